The maximum absolute atomic E-state index is 12.8. The van der Waals surface area contributed by atoms with Crippen LogP contribution < -0.4 is 0 Å². The fourth-order valence-electron chi connectivity index (χ4n) is 7.35. The molecule has 0 fully saturated rings. The molecule has 1 atom stereocenters. The van der Waals surface area contributed by atoms with E-state index in [4.69, 9.17) is 14.2 Å². The molecular formula is C56H98O6. The van der Waals surface area contributed by atoms with Crippen molar-refractivity contribution >= 4 is 17.9 Å². The van der Waals surface area contributed by atoms with Crippen LogP contribution in [0.5, 0.6) is 0 Å². The summed E-state index contributed by atoms with van der Waals surface area (Å²) in [5.74, 6) is -0.909. The predicted molar refractivity (Wildman–Crippen MR) is 265 cm³/mol. The zero-order valence-corrected chi connectivity index (χ0v) is 40.9. The van der Waals surface area contributed by atoms with Crippen molar-refractivity contribution in [3.63, 3.8) is 0 Å². The first-order chi connectivity index (χ1) is 30.5. The molecule has 0 aromatic rings. The van der Waals surface area contributed by atoms with Crippen LogP contribution in [0.25, 0.3) is 0 Å². The molecule has 0 N–H and O–H groups in total. The molecule has 0 aliphatic heterocycles. The summed E-state index contributed by atoms with van der Waals surface area (Å²) in [6.07, 6.45) is 62.0. The van der Waals surface area contributed by atoms with Crippen LogP contribution in [-0.4, -0.2) is 37.2 Å². The number of allylic oxidation sites excluding steroid dienone is 10. The van der Waals surface area contributed by atoms with Crippen molar-refractivity contribution in [2.24, 2.45) is 0 Å². The Labute approximate surface area is 383 Å². The molecular weight excluding hydrogens is 769 g/mol. The van der Waals surface area contributed by atoms with Gasteiger partial charge < -0.3 is 14.2 Å². The Morgan fingerprint density at radius 3 is 0.984 bits per heavy atom. The lowest BCUT2D eigenvalue weighted by atomic mass is 10.0. The zero-order chi connectivity index (χ0) is 45.1. The van der Waals surface area contributed by atoms with E-state index in [0.29, 0.717) is 19.3 Å². The highest BCUT2D eigenvalue weighted by molar-refractivity contribution is 5.71. The molecule has 0 radical (unpaired) electrons. The third kappa shape index (κ3) is 48.1. The number of carbonyl (C=O) groups is 3. The molecule has 0 aliphatic rings. The van der Waals surface area contributed by atoms with E-state index in [1.165, 1.54) is 122 Å². The first kappa shape index (κ1) is 59.1. The SMILES string of the molecule is CC/C=C\C/C=C\C/C=C\C/C=C\C/C=C\CCCCCC(=O)O[C@@H](COC(=O)CCCCCCCCCCCCCC)COC(=O)CCCCCCCCCCCCCCC. The third-order valence-electron chi connectivity index (χ3n) is 11.3. The minimum atomic E-state index is -0.787. The van der Waals surface area contributed by atoms with E-state index in [1.807, 2.05) is 0 Å². The van der Waals surface area contributed by atoms with Crippen molar-refractivity contribution < 1.29 is 28.6 Å². The molecule has 0 bridgehead atoms. The molecule has 6 heteroatoms. The van der Waals surface area contributed by atoms with Gasteiger partial charge in [0.25, 0.3) is 0 Å². The van der Waals surface area contributed by atoms with Gasteiger partial charge in [-0.2, -0.15) is 0 Å². The standard InChI is InChI=1S/C56H98O6/c1-4-7-10-13-16-19-22-25-26-27-28-29-30-32-35-38-41-44-47-50-56(59)62-53(51-60-54(57)48-45-42-39-36-33-24-21-18-15-12-9-6-3)52-61-55(58)49-46-43-40-37-34-31-23-20-17-14-11-8-5-2/h7,10,16,19,25-26,28-29,32,35,53H,4-6,8-9,11-15,17-18,20-24,27,30-31,33-34,36-52H2,1-3H3/b10-7-,19-16-,26-25-,29-28-,35-32-/t53-/m0/s1. The molecule has 0 saturated carbocycles. The van der Waals surface area contributed by atoms with Gasteiger partial charge in [0.2, 0.25) is 0 Å². The van der Waals surface area contributed by atoms with E-state index < -0.39 is 6.10 Å². The van der Waals surface area contributed by atoms with Crippen LogP contribution >= 0.6 is 0 Å². The van der Waals surface area contributed by atoms with Gasteiger partial charge >= 0.3 is 17.9 Å². The van der Waals surface area contributed by atoms with Gasteiger partial charge in [-0.25, -0.2) is 0 Å². The minimum Gasteiger partial charge on any atom is -0.462 e. The van der Waals surface area contributed by atoms with Gasteiger partial charge in [-0.1, -0.05) is 236 Å². The van der Waals surface area contributed by atoms with Crippen molar-refractivity contribution in [3.8, 4) is 0 Å². The number of carbonyl (C=O) groups excluding carboxylic acids is 3. The second-order valence-corrected chi connectivity index (χ2v) is 17.4. The zero-order valence-electron chi connectivity index (χ0n) is 40.9. The van der Waals surface area contributed by atoms with Gasteiger partial charge in [0.1, 0.15) is 13.2 Å². The summed E-state index contributed by atoms with van der Waals surface area (Å²) in [6.45, 7) is 6.50. The number of hydrogen-bond acceptors (Lipinski definition) is 6. The van der Waals surface area contributed by atoms with E-state index in [9.17, 15) is 14.4 Å². The lowest BCUT2D eigenvalue weighted by Crippen LogP contribution is -2.30. The first-order valence-electron chi connectivity index (χ1n) is 26.3. The first-order valence-corrected chi connectivity index (χ1v) is 26.3. The van der Waals surface area contributed by atoms with E-state index >= 15 is 0 Å². The van der Waals surface area contributed by atoms with Crippen molar-refractivity contribution in [3.05, 3.63) is 60.8 Å². The summed E-state index contributed by atoms with van der Waals surface area (Å²) in [5.41, 5.74) is 0. The highest BCUT2D eigenvalue weighted by Crippen LogP contribution is 2.15. The summed E-state index contributed by atoms with van der Waals surface area (Å²) in [7, 11) is 0. The summed E-state index contributed by atoms with van der Waals surface area (Å²) in [5, 5.41) is 0. The van der Waals surface area contributed by atoms with Gasteiger partial charge in [0, 0.05) is 19.3 Å². The molecule has 62 heavy (non-hydrogen) atoms. The van der Waals surface area contributed by atoms with Crippen molar-refractivity contribution in [1.29, 1.82) is 0 Å². The van der Waals surface area contributed by atoms with Gasteiger partial charge in [-0.05, 0) is 64.2 Å². The Kier molecular flexibility index (Phi) is 48.4. The quantitative estimate of drug-likeness (QED) is 0.0262. The minimum absolute atomic E-state index is 0.0844. The predicted octanol–water partition coefficient (Wildman–Crippen LogP) is 17.3. The topological polar surface area (TPSA) is 78.9 Å². The van der Waals surface area contributed by atoms with Crippen LogP contribution in [0.1, 0.15) is 258 Å². The average molecular weight is 867 g/mol. The van der Waals surface area contributed by atoms with Crippen LogP contribution in [0.4, 0.5) is 0 Å². The molecule has 0 saturated heterocycles. The van der Waals surface area contributed by atoms with Gasteiger partial charge in [0.15, 0.2) is 6.10 Å². The molecule has 0 rings (SSSR count). The number of rotatable bonds is 47. The second kappa shape index (κ2) is 50.8. The van der Waals surface area contributed by atoms with Crippen LogP contribution in [0, 0.1) is 0 Å². The normalized spacial score (nSPS) is 12.5. The van der Waals surface area contributed by atoms with Gasteiger partial charge in [-0.3, -0.25) is 14.4 Å². The molecule has 358 valence electrons. The molecule has 0 aromatic carbocycles. The molecule has 0 amide bonds. The lowest BCUT2D eigenvalue weighted by molar-refractivity contribution is -0.167. The Hall–Kier alpha value is -2.89. The van der Waals surface area contributed by atoms with E-state index in [-0.39, 0.29) is 31.1 Å². The summed E-state index contributed by atoms with van der Waals surface area (Å²) >= 11 is 0. The number of unbranched alkanes of at least 4 members (excludes halogenated alkanes) is 26. The average Bonchev–Trinajstić information content (AvgIpc) is 3.27. The number of hydrogen-bond donors (Lipinski definition) is 0. The van der Waals surface area contributed by atoms with Crippen LogP contribution in [-0.2, 0) is 28.6 Å². The fourth-order valence-corrected chi connectivity index (χ4v) is 7.35. The second-order valence-electron chi connectivity index (χ2n) is 17.4. The number of ether oxygens (including phenoxy) is 3. The fraction of sp³-hybridized carbons (Fsp3) is 0.768. The van der Waals surface area contributed by atoms with Gasteiger partial charge in [0.05, 0.1) is 0 Å². The Morgan fingerprint density at radius 1 is 0.339 bits per heavy atom. The highest BCUT2D eigenvalue weighted by atomic mass is 16.6. The summed E-state index contributed by atoms with van der Waals surface area (Å²) in [6, 6.07) is 0. The lowest BCUT2D eigenvalue weighted by Gasteiger charge is -2.18. The summed E-state index contributed by atoms with van der Waals surface area (Å²) < 4.78 is 16.8. The summed E-state index contributed by atoms with van der Waals surface area (Å²) in [4.78, 5) is 38.0. The Bertz CT molecular complexity index is 1130. The van der Waals surface area contributed by atoms with E-state index in [1.54, 1.807) is 0 Å². The molecule has 0 unspecified atom stereocenters. The van der Waals surface area contributed by atoms with Crippen LogP contribution in [0.2, 0.25) is 0 Å². The van der Waals surface area contributed by atoms with Crippen LogP contribution in [0.15, 0.2) is 60.8 Å². The largest absolute Gasteiger partial charge is 0.462 e. The van der Waals surface area contributed by atoms with Crippen molar-refractivity contribution in [2.75, 3.05) is 13.2 Å². The molecule has 0 aliphatic carbocycles. The van der Waals surface area contributed by atoms with Crippen LogP contribution in [0.3, 0.4) is 0 Å². The Morgan fingerprint density at radius 2 is 0.629 bits per heavy atom. The molecule has 0 heterocycles. The van der Waals surface area contributed by atoms with Crippen molar-refractivity contribution in [1.82, 2.24) is 0 Å². The third-order valence-corrected chi connectivity index (χ3v) is 11.3. The monoisotopic (exact) mass is 867 g/mol. The number of esters is 3. The maximum Gasteiger partial charge on any atom is 0.306 e. The molecule has 0 aromatic heterocycles. The molecule has 0 spiro atoms. The smallest absolute Gasteiger partial charge is 0.306 e. The van der Waals surface area contributed by atoms with E-state index in [2.05, 4.69) is 81.5 Å². The van der Waals surface area contributed by atoms with E-state index in [0.717, 1.165) is 96.3 Å². The Balaban J connectivity index is 4.42. The molecule has 6 nitrogen and oxygen atoms in total. The maximum atomic E-state index is 12.8. The van der Waals surface area contributed by atoms with Crippen molar-refractivity contribution in [2.45, 2.75) is 264 Å². The van der Waals surface area contributed by atoms with Gasteiger partial charge in [-0.15, -0.1) is 0 Å². The highest BCUT2D eigenvalue weighted by Gasteiger charge is 2.19.